The first kappa shape index (κ1) is 16.8. The monoisotopic (exact) mass is 244 g/mol. The van der Waals surface area contributed by atoms with Gasteiger partial charge in [0.05, 0.1) is 0 Å². The van der Waals surface area contributed by atoms with Crippen LogP contribution in [-0.4, -0.2) is 69.7 Å². The van der Waals surface area contributed by atoms with Crippen LogP contribution in [0.5, 0.6) is 0 Å². The van der Waals surface area contributed by atoms with Gasteiger partial charge in [-0.1, -0.05) is 6.92 Å². The highest BCUT2D eigenvalue weighted by atomic mass is 15.1. The lowest BCUT2D eigenvalue weighted by molar-refractivity contribution is 0.307. The summed E-state index contributed by atoms with van der Waals surface area (Å²) in [5, 5.41) is 3.63. The van der Waals surface area contributed by atoms with E-state index in [9.17, 15) is 0 Å². The van der Waals surface area contributed by atoms with Gasteiger partial charge in [-0.3, -0.25) is 0 Å². The average molecular weight is 244 g/mol. The zero-order valence-electron chi connectivity index (χ0n) is 12.2. The third-order valence-electron chi connectivity index (χ3n) is 3.09. The van der Waals surface area contributed by atoms with Gasteiger partial charge in [0, 0.05) is 19.1 Å². The Morgan fingerprint density at radius 3 is 2.35 bits per heavy atom. The first-order valence-electron chi connectivity index (χ1n) is 6.86. The highest BCUT2D eigenvalue weighted by molar-refractivity contribution is 4.67. The van der Waals surface area contributed by atoms with Crippen molar-refractivity contribution in [3.8, 4) is 0 Å². The van der Waals surface area contributed by atoms with E-state index in [1.165, 1.54) is 12.8 Å². The van der Waals surface area contributed by atoms with Crippen LogP contribution in [0.15, 0.2) is 0 Å². The molecule has 0 bridgehead atoms. The minimum absolute atomic E-state index is 0.653. The van der Waals surface area contributed by atoms with Crippen LogP contribution in [-0.2, 0) is 0 Å². The molecule has 0 saturated heterocycles. The number of hydrogen-bond acceptors (Lipinski definition) is 4. The van der Waals surface area contributed by atoms with E-state index < -0.39 is 0 Å². The van der Waals surface area contributed by atoms with Crippen molar-refractivity contribution in [3.63, 3.8) is 0 Å². The average Bonchev–Trinajstić information content (AvgIpc) is 2.30. The highest BCUT2D eigenvalue weighted by Crippen LogP contribution is 1.98. The molecule has 1 atom stereocenters. The van der Waals surface area contributed by atoms with E-state index in [0.29, 0.717) is 6.04 Å². The number of rotatable bonds is 11. The van der Waals surface area contributed by atoms with Gasteiger partial charge in [0.25, 0.3) is 0 Å². The van der Waals surface area contributed by atoms with E-state index in [4.69, 9.17) is 5.73 Å². The summed E-state index contributed by atoms with van der Waals surface area (Å²) < 4.78 is 0. The summed E-state index contributed by atoms with van der Waals surface area (Å²) >= 11 is 0. The van der Waals surface area contributed by atoms with Crippen LogP contribution >= 0.6 is 0 Å². The molecular formula is C13H32N4. The number of hydrogen-bond donors (Lipinski definition) is 2. The summed E-state index contributed by atoms with van der Waals surface area (Å²) in [6.45, 7) is 7.50. The second-order valence-electron chi connectivity index (χ2n) is 5.10. The Morgan fingerprint density at radius 1 is 1.12 bits per heavy atom. The number of nitrogens with zero attached hydrogens (tertiary/aromatic N) is 2. The van der Waals surface area contributed by atoms with Crippen LogP contribution in [0, 0.1) is 0 Å². The maximum absolute atomic E-state index is 5.50. The van der Waals surface area contributed by atoms with Crippen molar-refractivity contribution in [2.24, 2.45) is 5.73 Å². The van der Waals surface area contributed by atoms with Gasteiger partial charge >= 0.3 is 0 Å². The van der Waals surface area contributed by atoms with E-state index in [2.05, 4.69) is 43.2 Å². The van der Waals surface area contributed by atoms with Crippen molar-refractivity contribution in [3.05, 3.63) is 0 Å². The standard InChI is InChI=1S/C13H32N4/c1-5-13(7-11-16(2)3)15-9-12-17(4)10-6-8-14/h13,15H,5-12,14H2,1-4H3. The molecule has 0 fully saturated rings. The smallest absolute Gasteiger partial charge is 0.0104 e. The molecule has 3 N–H and O–H groups in total. The van der Waals surface area contributed by atoms with Crippen LogP contribution in [0.3, 0.4) is 0 Å². The number of nitrogens with two attached hydrogens (primary N) is 1. The molecule has 0 spiro atoms. The van der Waals surface area contributed by atoms with Crippen LogP contribution in [0.2, 0.25) is 0 Å². The molecule has 0 radical (unpaired) electrons. The van der Waals surface area contributed by atoms with Crippen LogP contribution < -0.4 is 11.1 Å². The molecule has 0 aliphatic carbocycles. The Morgan fingerprint density at radius 2 is 1.82 bits per heavy atom. The lowest BCUT2D eigenvalue weighted by Gasteiger charge is -2.22. The Kier molecular flexibility index (Phi) is 10.9. The first-order valence-corrected chi connectivity index (χ1v) is 6.86. The van der Waals surface area contributed by atoms with E-state index in [1.807, 2.05) is 0 Å². The number of likely N-dealkylation sites (N-methyl/N-ethyl adjacent to an activating group) is 1. The van der Waals surface area contributed by atoms with Crippen molar-refractivity contribution in [1.82, 2.24) is 15.1 Å². The van der Waals surface area contributed by atoms with Crippen LogP contribution in [0.4, 0.5) is 0 Å². The van der Waals surface area contributed by atoms with Crippen LogP contribution in [0.25, 0.3) is 0 Å². The molecule has 104 valence electrons. The van der Waals surface area contributed by atoms with Gasteiger partial charge in [-0.2, -0.15) is 0 Å². The van der Waals surface area contributed by atoms with Crippen molar-refractivity contribution < 1.29 is 0 Å². The molecule has 0 amide bonds. The zero-order valence-corrected chi connectivity index (χ0v) is 12.2. The van der Waals surface area contributed by atoms with Crippen molar-refractivity contribution in [2.75, 3.05) is 53.9 Å². The molecule has 0 aliphatic heterocycles. The summed E-state index contributed by atoms with van der Waals surface area (Å²) in [6.07, 6.45) is 3.53. The molecule has 17 heavy (non-hydrogen) atoms. The number of nitrogens with one attached hydrogen (secondary N) is 1. The molecule has 0 aromatic rings. The minimum Gasteiger partial charge on any atom is -0.330 e. The molecule has 0 aliphatic rings. The lowest BCUT2D eigenvalue weighted by atomic mass is 10.1. The van der Waals surface area contributed by atoms with E-state index in [1.54, 1.807) is 0 Å². The third kappa shape index (κ3) is 10.7. The molecule has 4 heteroatoms. The fourth-order valence-corrected chi connectivity index (χ4v) is 1.80. The second kappa shape index (κ2) is 11.0. The second-order valence-corrected chi connectivity index (χ2v) is 5.10. The third-order valence-corrected chi connectivity index (χ3v) is 3.09. The predicted molar refractivity (Wildman–Crippen MR) is 76.4 cm³/mol. The normalized spacial score (nSPS) is 13.6. The maximum atomic E-state index is 5.50. The molecular weight excluding hydrogens is 212 g/mol. The van der Waals surface area contributed by atoms with Gasteiger partial charge in [0.15, 0.2) is 0 Å². The fourth-order valence-electron chi connectivity index (χ4n) is 1.80. The maximum Gasteiger partial charge on any atom is 0.0104 e. The van der Waals surface area contributed by atoms with Crippen molar-refractivity contribution in [2.45, 2.75) is 32.2 Å². The largest absolute Gasteiger partial charge is 0.330 e. The molecule has 1 unspecified atom stereocenters. The van der Waals surface area contributed by atoms with Gasteiger partial charge in [0.2, 0.25) is 0 Å². The Bertz CT molecular complexity index is 161. The van der Waals surface area contributed by atoms with E-state index in [0.717, 1.165) is 39.1 Å². The summed E-state index contributed by atoms with van der Waals surface area (Å²) in [5.41, 5.74) is 5.50. The van der Waals surface area contributed by atoms with Crippen molar-refractivity contribution >= 4 is 0 Å². The van der Waals surface area contributed by atoms with Gasteiger partial charge < -0.3 is 20.9 Å². The van der Waals surface area contributed by atoms with Gasteiger partial charge in [-0.05, 0) is 60.0 Å². The van der Waals surface area contributed by atoms with Crippen LogP contribution in [0.1, 0.15) is 26.2 Å². The topological polar surface area (TPSA) is 44.5 Å². The predicted octanol–water partition coefficient (Wildman–Crippen LogP) is 0.587. The van der Waals surface area contributed by atoms with E-state index in [-0.39, 0.29) is 0 Å². The quantitative estimate of drug-likeness (QED) is 0.558. The summed E-state index contributed by atoms with van der Waals surface area (Å²) in [7, 11) is 6.43. The van der Waals surface area contributed by atoms with E-state index >= 15 is 0 Å². The van der Waals surface area contributed by atoms with Gasteiger partial charge in [0.1, 0.15) is 0 Å². The molecule has 0 saturated carbocycles. The molecule has 0 rings (SSSR count). The Balaban J connectivity index is 3.54. The summed E-state index contributed by atoms with van der Waals surface area (Å²) in [5.74, 6) is 0. The molecule has 0 heterocycles. The first-order chi connectivity index (χ1) is 8.10. The Labute approximate surface area is 108 Å². The molecule has 4 nitrogen and oxygen atoms in total. The minimum atomic E-state index is 0.653. The summed E-state index contributed by atoms with van der Waals surface area (Å²) in [4.78, 5) is 4.59. The molecule has 0 aromatic carbocycles. The van der Waals surface area contributed by atoms with Gasteiger partial charge in [-0.15, -0.1) is 0 Å². The highest BCUT2D eigenvalue weighted by Gasteiger charge is 2.06. The Hall–Kier alpha value is -0.160. The SMILES string of the molecule is CCC(CCN(C)C)NCCN(C)CCCN. The summed E-state index contributed by atoms with van der Waals surface area (Å²) in [6, 6.07) is 0.653. The van der Waals surface area contributed by atoms with Gasteiger partial charge in [-0.25, -0.2) is 0 Å². The zero-order chi connectivity index (χ0) is 13.1. The van der Waals surface area contributed by atoms with Crippen molar-refractivity contribution in [1.29, 1.82) is 0 Å². The molecule has 0 aromatic heterocycles. The lowest BCUT2D eigenvalue weighted by Crippen LogP contribution is -2.37. The fraction of sp³-hybridized carbons (Fsp3) is 1.00.